The number of hydrogen-bond donors (Lipinski definition) is 0. The second-order valence-corrected chi connectivity index (χ2v) is 5.31. The van der Waals surface area contributed by atoms with Gasteiger partial charge in [0, 0.05) is 22.9 Å². The summed E-state index contributed by atoms with van der Waals surface area (Å²) in [7, 11) is 0. The van der Waals surface area contributed by atoms with Crippen LogP contribution in [0.5, 0.6) is 0 Å². The highest BCUT2D eigenvalue weighted by Crippen LogP contribution is 2.30. The predicted octanol–water partition coefficient (Wildman–Crippen LogP) is 3.59. The first-order valence-corrected chi connectivity index (χ1v) is 6.56. The van der Waals surface area contributed by atoms with Crippen molar-refractivity contribution in [2.45, 2.75) is 30.8 Å². The standard InChI is InChI=1S/C14H13FN2OS/c1-8-6-16-14(17-7-8)19-13-4-9(2)12(15)5-11(13)10(3)18/h4-7H,1-3H3. The van der Waals surface area contributed by atoms with E-state index in [1.54, 1.807) is 25.4 Å². The maximum atomic E-state index is 13.5. The Hall–Kier alpha value is -1.75. The molecule has 1 heterocycles. The van der Waals surface area contributed by atoms with Crippen molar-refractivity contribution in [3.8, 4) is 0 Å². The maximum absolute atomic E-state index is 13.5. The fourth-order valence-electron chi connectivity index (χ4n) is 1.55. The van der Waals surface area contributed by atoms with E-state index in [1.165, 1.54) is 24.8 Å². The highest BCUT2D eigenvalue weighted by molar-refractivity contribution is 7.99. The lowest BCUT2D eigenvalue weighted by Gasteiger charge is -2.08. The minimum atomic E-state index is -0.376. The van der Waals surface area contributed by atoms with Crippen molar-refractivity contribution >= 4 is 17.5 Å². The van der Waals surface area contributed by atoms with Crippen LogP contribution in [0.3, 0.4) is 0 Å². The van der Waals surface area contributed by atoms with Crippen LogP contribution in [0.4, 0.5) is 4.39 Å². The summed E-state index contributed by atoms with van der Waals surface area (Å²) in [6.45, 7) is 4.99. The molecule has 0 saturated carbocycles. The Morgan fingerprint density at radius 3 is 2.42 bits per heavy atom. The van der Waals surface area contributed by atoms with E-state index in [0.29, 0.717) is 21.2 Å². The highest BCUT2D eigenvalue weighted by Gasteiger charge is 2.13. The molecule has 0 bridgehead atoms. The van der Waals surface area contributed by atoms with E-state index in [0.717, 1.165) is 5.56 Å². The minimum Gasteiger partial charge on any atom is -0.294 e. The molecule has 5 heteroatoms. The van der Waals surface area contributed by atoms with Gasteiger partial charge in [-0.05, 0) is 55.8 Å². The number of hydrogen-bond acceptors (Lipinski definition) is 4. The first-order valence-electron chi connectivity index (χ1n) is 5.75. The van der Waals surface area contributed by atoms with Gasteiger partial charge in [0.1, 0.15) is 5.82 Å². The molecule has 98 valence electrons. The Bertz CT molecular complexity index is 626. The summed E-state index contributed by atoms with van der Waals surface area (Å²) >= 11 is 1.26. The molecule has 0 amide bonds. The number of ketones is 1. The lowest BCUT2D eigenvalue weighted by atomic mass is 10.1. The average Bonchev–Trinajstić information content (AvgIpc) is 2.36. The van der Waals surface area contributed by atoms with Crippen LogP contribution in [0.2, 0.25) is 0 Å². The molecule has 3 nitrogen and oxygen atoms in total. The van der Waals surface area contributed by atoms with E-state index < -0.39 is 0 Å². The van der Waals surface area contributed by atoms with Gasteiger partial charge in [-0.1, -0.05) is 0 Å². The quantitative estimate of drug-likeness (QED) is 0.634. The Morgan fingerprint density at radius 2 is 1.84 bits per heavy atom. The summed E-state index contributed by atoms with van der Waals surface area (Å²) in [5.74, 6) is -0.548. The van der Waals surface area contributed by atoms with Gasteiger partial charge >= 0.3 is 0 Å². The van der Waals surface area contributed by atoms with Gasteiger partial charge in [0.25, 0.3) is 0 Å². The molecular formula is C14H13FN2OS. The predicted molar refractivity (Wildman–Crippen MR) is 72.0 cm³/mol. The van der Waals surface area contributed by atoms with E-state index in [1.807, 2.05) is 6.92 Å². The number of carbonyl (C=O) groups is 1. The molecule has 0 aliphatic carbocycles. The largest absolute Gasteiger partial charge is 0.294 e. The smallest absolute Gasteiger partial charge is 0.192 e. The van der Waals surface area contributed by atoms with Gasteiger partial charge in [-0.25, -0.2) is 14.4 Å². The Labute approximate surface area is 115 Å². The van der Waals surface area contributed by atoms with Gasteiger partial charge in [-0.15, -0.1) is 0 Å². The normalized spacial score (nSPS) is 10.5. The molecule has 0 fully saturated rings. The SMILES string of the molecule is CC(=O)c1cc(F)c(C)cc1Sc1ncc(C)cn1. The number of carbonyl (C=O) groups excluding carboxylic acids is 1. The van der Waals surface area contributed by atoms with Crippen LogP contribution < -0.4 is 0 Å². The number of Topliss-reactive ketones (excluding diaryl/α,β-unsaturated/α-hetero) is 1. The maximum Gasteiger partial charge on any atom is 0.192 e. The monoisotopic (exact) mass is 276 g/mol. The summed E-state index contributed by atoms with van der Waals surface area (Å²) in [4.78, 5) is 20.6. The lowest BCUT2D eigenvalue weighted by Crippen LogP contribution is -1.99. The van der Waals surface area contributed by atoms with Gasteiger partial charge in [0.15, 0.2) is 10.9 Å². The third kappa shape index (κ3) is 3.17. The van der Waals surface area contributed by atoms with Gasteiger partial charge in [0.05, 0.1) is 0 Å². The van der Waals surface area contributed by atoms with Crippen molar-refractivity contribution in [1.82, 2.24) is 9.97 Å². The van der Waals surface area contributed by atoms with Crippen LogP contribution in [-0.4, -0.2) is 15.8 Å². The van der Waals surface area contributed by atoms with Crippen LogP contribution in [0, 0.1) is 19.7 Å². The summed E-state index contributed by atoms with van der Waals surface area (Å²) in [6, 6.07) is 2.92. The van der Waals surface area contributed by atoms with Crippen molar-refractivity contribution in [3.63, 3.8) is 0 Å². The summed E-state index contributed by atoms with van der Waals surface area (Å²) in [5.41, 5.74) is 1.82. The van der Waals surface area contributed by atoms with Crippen molar-refractivity contribution in [2.75, 3.05) is 0 Å². The number of nitrogens with zero attached hydrogens (tertiary/aromatic N) is 2. The topological polar surface area (TPSA) is 42.9 Å². The van der Waals surface area contributed by atoms with Gasteiger partial charge in [-0.3, -0.25) is 4.79 Å². The summed E-state index contributed by atoms with van der Waals surface area (Å²) in [6.07, 6.45) is 3.41. The molecular weight excluding hydrogens is 263 g/mol. The molecule has 0 saturated heterocycles. The van der Waals surface area contributed by atoms with Crippen molar-refractivity contribution in [3.05, 3.63) is 47.0 Å². The molecule has 0 aliphatic rings. The van der Waals surface area contributed by atoms with Crippen LogP contribution >= 0.6 is 11.8 Å². The van der Waals surface area contributed by atoms with Gasteiger partial charge < -0.3 is 0 Å². The van der Waals surface area contributed by atoms with E-state index in [-0.39, 0.29) is 11.6 Å². The van der Waals surface area contributed by atoms with Crippen molar-refractivity contribution < 1.29 is 9.18 Å². The molecule has 0 N–H and O–H groups in total. The third-order valence-electron chi connectivity index (χ3n) is 2.60. The summed E-state index contributed by atoms with van der Waals surface area (Å²) in [5, 5.41) is 0.541. The molecule has 0 unspecified atom stereocenters. The second kappa shape index (κ2) is 5.48. The van der Waals surface area contributed by atoms with Crippen molar-refractivity contribution in [1.29, 1.82) is 0 Å². The molecule has 19 heavy (non-hydrogen) atoms. The zero-order chi connectivity index (χ0) is 14.0. The molecule has 2 aromatic rings. The molecule has 1 aromatic carbocycles. The Morgan fingerprint density at radius 1 is 1.21 bits per heavy atom. The Kier molecular flexibility index (Phi) is 3.95. The first kappa shape index (κ1) is 13.7. The first-order chi connectivity index (χ1) is 8.97. The fraction of sp³-hybridized carbons (Fsp3) is 0.214. The van der Waals surface area contributed by atoms with Crippen LogP contribution in [-0.2, 0) is 0 Å². The third-order valence-corrected chi connectivity index (χ3v) is 3.55. The average molecular weight is 276 g/mol. The molecule has 0 aliphatic heterocycles. The number of benzene rings is 1. The van der Waals surface area contributed by atoms with E-state index in [4.69, 9.17) is 0 Å². The van der Waals surface area contributed by atoms with Crippen LogP contribution in [0.25, 0.3) is 0 Å². The van der Waals surface area contributed by atoms with E-state index in [2.05, 4.69) is 9.97 Å². The fourth-order valence-corrected chi connectivity index (χ4v) is 2.50. The zero-order valence-electron chi connectivity index (χ0n) is 10.9. The van der Waals surface area contributed by atoms with Crippen molar-refractivity contribution in [2.24, 2.45) is 0 Å². The van der Waals surface area contributed by atoms with E-state index in [9.17, 15) is 9.18 Å². The highest BCUT2D eigenvalue weighted by atomic mass is 32.2. The Balaban J connectivity index is 2.41. The molecule has 0 spiro atoms. The van der Waals surface area contributed by atoms with Gasteiger partial charge in [-0.2, -0.15) is 0 Å². The molecule has 0 radical (unpaired) electrons. The molecule has 2 rings (SSSR count). The number of rotatable bonds is 3. The lowest BCUT2D eigenvalue weighted by molar-refractivity contribution is 0.101. The van der Waals surface area contributed by atoms with Crippen LogP contribution in [0.15, 0.2) is 34.6 Å². The molecule has 1 aromatic heterocycles. The number of halogens is 1. The van der Waals surface area contributed by atoms with Crippen LogP contribution in [0.1, 0.15) is 28.4 Å². The summed E-state index contributed by atoms with van der Waals surface area (Å²) < 4.78 is 13.5. The molecule has 0 atom stereocenters. The zero-order valence-corrected chi connectivity index (χ0v) is 11.7. The number of aromatic nitrogens is 2. The van der Waals surface area contributed by atoms with Gasteiger partial charge in [0.2, 0.25) is 0 Å². The van der Waals surface area contributed by atoms with E-state index >= 15 is 0 Å². The minimum absolute atomic E-state index is 0.173. The second-order valence-electron chi connectivity index (χ2n) is 4.30. The number of aryl methyl sites for hydroxylation is 2.